The molecular formula is C11H14N2O. The van der Waals surface area contributed by atoms with Crippen LogP contribution in [0.15, 0.2) is 29.1 Å². The van der Waals surface area contributed by atoms with Crippen LogP contribution in [0, 0.1) is 0 Å². The van der Waals surface area contributed by atoms with Crippen LogP contribution >= 0.6 is 0 Å². The Balaban J connectivity index is 2.93. The summed E-state index contributed by atoms with van der Waals surface area (Å²) >= 11 is 0. The molecule has 0 amide bonds. The van der Waals surface area contributed by atoms with E-state index in [4.69, 9.17) is 0 Å². The quantitative estimate of drug-likeness (QED) is 0.675. The Morgan fingerprint density at radius 2 is 1.86 bits per heavy atom. The summed E-state index contributed by atoms with van der Waals surface area (Å²) in [5, 5.41) is 0.795. The van der Waals surface area contributed by atoms with E-state index in [1.165, 1.54) is 0 Å². The zero-order chi connectivity index (χ0) is 10.3. The molecule has 74 valence electrons. The molecule has 0 atom stereocenters. The topological polar surface area (TPSA) is 26.9 Å². The van der Waals surface area contributed by atoms with E-state index in [0.29, 0.717) is 0 Å². The van der Waals surface area contributed by atoms with Crippen molar-refractivity contribution < 1.29 is 0 Å². The Kier molecular flexibility index (Phi) is 1.95. The molecule has 0 saturated heterocycles. The summed E-state index contributed by atoms with van der Waals surface area (Å²) < 4.78 is 3.69. The zero-order valence-electron chi connectivity index (χ0n) is 8.69. The van der Waals surface area contributed by atoms with Gasteiger partial charge in [-0.05, 0) is 26.0 Å². The molecule has 0 bridgehead atoms. The number of nitrogens with zero attached hydrogens (tertiary/aromatic N) is 2. The highest BCUT2D eigenvalue weighted by atomic mass is 16.1. The first kappa shape index (κ1) is 9.06. The summed E-state index contributed by atoms with van der Waals surface area (Å²) in [6.07, 6.45) is 0. The molecule has 0 N–H and O–H groups in total. The van der Waals surface area contributed by atoms with Crippen molar-refractivity contribution in [2.75, 3.05) is 0 Å². The first-order valence-corrected chi connectivity index (χ1v) is 4.79. The number of aryl methyl sites for hydroxylation is 1. The second-order valence-electron chi connectivity index (χ2n) is 3.78. The van der Waals surface area contributed by atoms with Crippen molar-refractivity contribution in [3.8, 4) is 0 Å². The maximum Gasteiger partial charge on any atom is 0.274 e. The highest BCUT2D eigenvalue weighted by molar-refractivity contribution is 5.78. The first-order valence-electron chi connectivity index (χ1n) is 4.79. The third-order valence-electron chi connectivity index (χ3n) is 2.50. The summed E-state index contributed by atoms with van der Waals surface area (Å²) in [4.78, 5) is 11.9. The predicted molar refractivity (Wildman–Crippen MR) is 57.6 cm³/mol. The zero-order valence-corrected chi connectivity index (χ0v) is 8.69. The summed E-state index contributed by atoms with van der Waals surface area (Å²) in [7, 11) is 1.92. The van der Waals surface area contributed by atoms with Crippen LogP contribution in [-0.4, -0.2) is 9.36 Å². The van der Waals surface area contributed by atoms with E-state index in [2.05, 4.69) is 0 Å². The molecule has 0 saturated carbocycles. The van der Waals surface area contributed by atoms with Crippen LogP contribution in [0.25, 0.3) is 10.9 Å². The minimum absolute atomic E-state index is 0.0955. The van der Waals surface area contributed by atoms with E-state index in [0.717, 1.165) is 10.9 Å². The number of benzene rings is 1. The molecular weight excluding hydrogens is 176 g/mol. The van der Waals surface area contributed by atoms with Crippen molar-refractivity contribution in [1.82, 2.24) is 9.36 Å². The van der Waals surface area contributed by atoms with Gasteiger partial charge in [0.1, 0.15) is 0 Å². The Morgan fingerprint density at radius 3 is 2.43 bits per heavy atom. The molecule has 1 heterocycles. The van der Waals surface area contributed by atoms with Gasteiger partial charge in [-0.25, -0.2) is 4.68 Å². The van der Waals surface area contributed by atoms with Gasteiger partial charge in [0.25, 0.3) is 5.56 Å². The second-order valence-corrected chi connectivity index (χ2v) is 3.78. The van der Waals surface area contributed by atoms with E-state index < -0.39 is 0 Å². The third kappa shape index (κ3) is 1.09. The number of fused-ring (bicyclic) bond motifs is 1. The standard InChI is InChI=1S/C11H14N2O/c1-8(2)13-11(14)9-6-4-5-7-10(9)12(13)3/h4-8H,1-3H3. The second kappa shape index (κ2) is 3.01. The van der Waals surface area contributed by atoms with E-state index in [-0.39, 0.29) is 11.6 Å². The van der Waals surface area contributed by atoms with E-state index in [9.17, 15) is 4.79 Å². The summed E-state index contributed by atoms with van der Waals surface area (Å²) in [6.45, 7) is 4.03. The molecule has 14 heavy (non-hydrogen) atoms. The summed E-state index contributed by atoms with van der Waals surface area (Å²) in [6, 6.07) is 7.88. The largest absolute Gasteiger partial charge is 0.285 e. The lowest BCUT2D eigenvalue weighted by Gasteiger charge is -2.10. The minimum atomic E-state index is 0.0955. The molecule has 0 fully saturated rings. The number of rotatable bonds is 1. The van der Waals surface area contributed by atoms with Crippen molar-refractivity contribution in [2.24, 2.45) is 7.05 Å². The van der Waals surface area contributed by atoms with Crippen LogP contribution in [0.2, 0.25) is 0 Å². The fraction of sp³-hybridized carbons (Fsp3) is 0.364. The van der Waals surface area contributed by atoms with Gasteiger partial charge in [-0.15, -0.1) is 0 Å². The molecule has 0 aliphatic rings. The Morgan fingerprint density at radius 1 is 1.21 bits per heavy atom. The normalized spacial score (nSPS) is 11.4. The van der Waals surface area contributed by atoms with Gasteiger partial charge in [-0.3, -0.25) is 9.48 Å². The third-order valence-corrected chi connectivity index (χ3v) is 2.50. The fourth-order valence-electron chi connectivity index (χ4n) is 1.89. The molecule has 0 aliphatic carbocycles. The van der Waals surface area contributed by atoms with Gasteiger partial charge < -0.3 is 0 Å². The smallest absolute Gasteiger partial charge is 0.274 e. The molecule has 0 spiro atoms. The van der Waals surface area contributed by atoms with Crippen molar-refractivity contribution in [2.45, 2.75) is 19.9 Å². The van der Waals surface area contributed by atoms with Gasteiger partial charge in [0.15, 0.2) is 0 Å². The van der Waals surface area contributed by atoms with E-state index in [1.807, 2.05) is 49.8 Å². The van der Waals surface area contributed by atoms with Gasteiger partial charge in [-0.2, -0.15) is 0 Å². The minimum Gasteiger partial charge on any atom is -0.285 e. The first-order chi connectivity index (χ1) is 6.63. The monoisotopic (exact) mass is 190 g/mol. The maximum atomic E-state index is 11.9. The fourth-order valence-corrected chi connectivity index (χ4v) is 1.89. The molecule has 3 heteroatoms. The molecule has 2 rings (SSSR count). The number of hydrogen-bond acceptors (Lipinski definition) is 1. The lowest BCUT2D eigenvalue weighted by Crippen LogP contribution is -2.23. The molecule has 0 radical (unpaired) electrons. The molecule has 1 aromatic carbocycles. The Hall–Kier alpha value is -1.51. The van der Waals surface area contributed by atoms with Gasteiger partial charge in [0, 0.05) is 13.1 Å². The Bertz CT molecular complexity index is 520. The van der Waals surface area contributed by atoms with Crippen molar-refractivity contribution >= 4 is 10.9 Å². The summed E-state index contributed by atoms with van der Waals surface area (Å²) in [5.74, 6) is 0. The van der Waals surface area contributed by atoms with Crippen molar-refractivity contribution in [1.29, 1.82) is 0 Å². The molecule has 3 nitrogen and oxygen atoms in total. The Labute approximate surface area is 82.6 Å². The van der Waals surface area contributed by atoms with E-state index in [1.54, 1.807) is 4.68 Å². The average molecular weight is 190 g/mol. The summed E-state index contributed by atoms with van der Waals surface area (Å²) in [5.41, 5.74) is 1.09. The van der Waals surface area contributed by atoms with Gasteiger partial charge in [0.05, 0.1) is 10.9 Å². The maximum absolute atomic E-state index is 11.9. The molecule has 2 aromatic rings. The van der Waals surface area contributed by atoms with Crippen molar-refractivity contribution in [3.05, 3.63) is 34.6 Å². The van der Waals surface area contributed by atoms with Crippen LogP contribution in [0.3, 0.4) is 0 Å². The van der Waals surface area contributed by atoms with Crippen LogP contribution in [0.4, 0.5) is 0 Å². The molecule has 0 unspecified atom stereocenters. The van der Waals surface area contributed by atoms with E-state index >= 15 is 0 Å². The van der Waals surface area contributed by atoms with Crippen LogP contribution in [0.1, 0.15) is 19.9 Å². The van der Waals surface area contributed by atoms with Crippen LogP contribution < -0.4 is 5.56 Å². The predicted octanol–water partition coefficient (Wildman–Crippen LogP) is 1.92. The number of hydrogen-bond donors (Lipinski definition) is 0. The highest BCUT2D eigenvalue weighted by Crippen LogP contribution is 2.12. The molecule has 1 aromatic heterocycles. The van der Waals surface area contributed by atoms with Crippen LogP contribution in [-0.2, 0) is 7.05 Å². The lowest BCUT2D eigenvalue weighted by molar-refractivity contribution is 0.447. The molecule has 0 aliphatic heterocycles. The number of para-hydroxylation sites is 1. The van der Waals surface area contributed by atoms with Crippen LogP contribution in [0.5, 0.6) is 0 Å². The SMILES string of the molecule is CC(C)n1c(=O)c2ccccc2n1C. The number of aromatic nitrogens is 2. The van der Waals surface area contributed by atoms with Gasteiger partial charge in [-0.1, -0.05) is 12.1 Å². The van der Waals surface area contributed by atoms with Gasteiger partial charge >= 0.3 is 0 Å². The highest BCUT2D eigenvalue weighted by Gasteiger charge is 2.11. The van der Waals surface area contributed by atoms with Gasteiger partial charge in [0.2, 0.25) is 0 Å². The lowest BCUT2D eigenvalue weighted by atomic mass is 10.2. The van der Waals surface area contributed by atoms with Crippen molar-refractivity contribution in [3.63, 3.8) is 0 Å². The average Bonchev–Trinajstić information content (AvgIpc) is 2.41.